The number of hydrogen-bond acceptors (Lipinski definition) is 5. The molecule has 0 unspecified atom stereocenters. The van der Waals surface area contributed by atoms with Gasteiger partial charge in [0, 0.05) is 18.2 Å². The molecule has 1 aliphatic carbocycles. The molecule has 166 valence electrons. The normalized spacial score (nSPS) is 14.2. The minimum Gasteiger partial charge on any atom is -0.493 e. The van der Waals surface area contributed by atoms with Gasteiger partial charge in [-0.3, -0.25) is 5.41 Å². The van der Waals surface area contributed by atoms with Crippen LogP contribution in [0.25, 0.3) is 5.65 Å². The van der Waals surface area contributed by atoms with E-state index in [0.29, 0.717) is 24.7 Å². The van der Waals surface area contributed by atoms with E-state index in [1.807, 2.05) is 19.9 Å². The summed E-state index contributed by atoms with van der Waals surface area (Å²) in [6.07, 6.45) is 3.32. The van der Waals surface area contributed by atoms with Gasteiger partial charge in [0.1, 0.15) is 5.75 Å². The summed E-state index contributed by atoms with van der Waals surface area (Å²) in [4.78, 5) is 0. The SMILES string of the molecule is CCOc1cc(C)c2nn(CCc3cc(OCC4CC4)cc(C(C)(C)C)c3)c(=N)n2n1. The van der Waals surface area contributed by atoms with Crippen molar-refractivity contribution >= 4 is 5.65 Å². The Labute approximate surface area is 183 Å². The number of aromatic nitrogens is 4. The van der Waals surface area contributed by atoms with E-state index in [1.165, 1.54) is 24.0 Å². The van der Waals surface area contributed by atoms with Crippen LogP contribution in [-0.4, -0.2) is 32.6 Å². The second-order valence-corrected chi connectivity index (χ2v) is 9.50. The van der Waals surface area contributed by atoms with Gasteiger partial charge in [0.15, 0.2) is 5.65 Å². The number of rotatable bonds is 8. The first kappa shape index (κ1) is 21.4. The Morgan fingerprint density at radius 2 is 1.87 bits per heavy atom. The van der Waals surface area contributed by atoms with Crippen LogP contribution in [0.15, 0.2) is 24.3 Å². The number of benzene rings is 1. The van der Waals surface area contributed by atoms with Gasteiger partial charge in [-0.25, -0.2) is 4.68 Å². The summed E-state index contributed by atoms with van der Waals surface area (Å²) >= 11 is 0. The predicted molar refractivity (Wildman–Crippen MR) is 120 cm³/mol. The van der Waals surface area contributed by atoms with Crippen molar-refractivity contribution in [1.82, 2.24) is 19.4 Å². The Bertz CT molecular complexity index is 1140. The molecule has 2 heterocycles. The molecule has 1 aromatic carbocycles. The Morgan fingerprint density at radius 3 is 2.55 bits per heavy atom. The van der Waals surface area contributed by atoms with E-state index in [0.717, 1.165) is 30.3 Å². The summed E-state index contributed by atoms with van der Waals surface area (Å²) in [6.45, 7) is 12.5. The van der Waals surface area contributed by atoms with Crippen molar-refractivity contribution in [2.24, 2.45) is 5.92 Å². The molecule has 3 aromatic rings. The van der Waals surface area contributed by atoms with Crippen molar-refractivity contribution in [1.29, 1.82) is 5.41 Å². The van der Waals surface area contributed by atoms with Crippen LogP contribution in [0.2, 0.25) is 0 Å². The van der Waals surface area contributed by atoms with Crippen molar-refractivity contribution in [2.45, 2.75) is 65.8 Å². The lowest BCUT2D eigenvalue weighted by Crippen LogP contribution is -2.24. The minimum atomic E-state index is 0.0429. The summed E-state index contributed by atoms with van der Waals surface area (Å²) in [6, 6.07) is 8.42. The van der Waals surface area contributed by atoms with Crippen LogP contribution in [0, 0.1) is 18.3 Å². The Morgan fingerprint density at radius 1 is 1.10 bits per heavy atom. The molecule has 0 atom stereocenters. The first-order valence-corrected chi connectivity index (χ1v) is 11.2. The van der Waals surface area contributed by atoms with Crippen LogP contribution in [-0.2, 0) is 18.4 Å². The van der Waals surface area contributed by atoms with Gasteiger partial charge >= 0.3 is 0 Å². The van der Waals surface area contributed by atoms with Crippen LogP contribution >= 0.6 is 0 Å². The third kappa shape index (κ3) is 4.92. The molecule has 0 bridgehead atoms. The lowest BCUT2D eigenvalue weighted by atomic mass is 9.85. The molecule has 31 heavy (non-hydrogen) atoms. The van der Waals surface area contributed by atoms with Crippen LogP contribution in [0.5, 0.6) is 11.6 Å². The number of nitrogens with one attached hydrogen (secondary N) is 1. The Kier molecular flexibility index (Phi) is 5.77. The smallest absolute Gasteiger partial charge is 0.242 e. The molecule has 1 N–H and O–H groups in total. The highest BCUT2D eigenvalue weighted by Crippen LogP contribution is 2.32. The standard InChI is InChI=1S/C24H33N5O2/c1-6-30-21-11-16(2)22-27-28(23(25)29(22)26-21)10-9-18-12-19(24(3,4)5)14-20(13-18)31-15-17-7-8-17/h11-14,17,25H,6-10,15H2,1-5H3. The fraction of sp³-hybridized carbons (Fsp3) is 0.542. The van der Waals surface area contributed by atoms with Crippen molar-refractivity contribution in [3.63, 3.8) is 0 Å². The zero-order valence-electron chi connectivity index (χ0n) is 19.2. The summed E-state index contributed by atoms with van der Waals surface area (Å²) in [7, 11) is 0. The van der Waals surface area contributed by atoms with E-state index in [1.54, 1.807) is 9.20 Å². The van der Waals surface area contributed by atoms with E-state index >= 15 is 0 Å². The summed E-state index contributed by atoms with van der Waals surface area (Å²) in [5.74, 6) is 2.18. The molecule has 4 rings (SSSR count). The number of aryl methyl sites for hydroxylation is 3. The van der Waals surface area contributed by atoms with Crippen LogP contribution in [0.3, 0.4) is 0 Å². The molecular weight excluding hydrogens is 390 g/mol. The van der Waals surface area contributed by atoms with E-state index in [9.17, 15) is 0 Å². The Hall–Kier alpha value is -2.83. The van der Waals surface area contributed by atoms with E-state index in [4.69, 9.17) is 14.9 Å². The average molecular weight is 424 g/mol. The van der Waals surface area contributed by atoms with Crippen molar-refractivity contribution in [3.05, 3.63) is 46.6 Å². The molecule has 0 radical (unpaired) electrons. The highest BCUT2D eigenvalue weighted by Gasteiger charge is 2.23. The molecule has 7 heteroatoms. The first-order chi connectivity index (χ1) is 14.7. The lowest BCUT2D eigenvalue weighted by Gasteiger charge is -2.21. The van der Waals surface area contributed by atoms with Gasteiger partial charge in [-0.15, -0.1) is 10.2 Å². The number of hydrogen-bond donors (Lipinski definition) is 1. The monoisotopic (exact) mass is 423 g/mol. The number of fused-ring (bicyclic) bond motifs is 1. The maximum Gasteiger partial charge on any atom is 0.242 e. The number of ether oxygens (including phenoxy) is 2. The van der Waals surface area contributed by atoms with Crippen molar-refractivity contribution < 1.29 is 9.47 Å². The van der Waals surface area contributed by atoms with E-state index in [-0.39, 0.29) is 11.0 Å². The van der Waals surface area contributed by atoms with Crippen LogP contribution in [0.1, 0.15) is 57.2 Å². The average Bonchev–Trinajstić information content (AvgIpc) is 3.49. The zero-order valence-corrected chi connectivity index (χ0v) is 19.2. The molecular formula is C24H33N5O2. The zero-order chi connectivity index (χ0) is 22.2. The molecule has 1 saturated carbocycles. The van der Waals surface area contributed by atoms with E-state index in [2.05, 4.69) is 49.2 Å². The molecule has 1 fully saturated rings. The predicted octanol–water partition coefficient (Wildman–Crippen LogP) is 4.05. The fourth-order valence-electron chi connectivity index (χ4n) is 3.56. The topological polar surface area (TPSA) is 77.4 Å². The molecule has 0 spiro atoms. The van der Waals surface area contributed by atoms with Gasteiger partial charge in [0.05, 0.1) is 13.2 Å². The van der Waals surface area contributed by atoms with Gasteiger partial charge in [-0.2, -0.15) is 4.52 Å². The van der Waals surface area contributed by atoms with Gasteiger partial charge in [-0.05, 0) is 67.7 Å². The van der Waals surface area contributed by atoms with Crippen LogP contribution in [0.4, 0.5) is 0 Å². The molecule has 1 aliphatic rings. The lowest BCUT2D eigenvalue weighted by molar-refractivity contribution is 0.298. The molecule has 7 nitrogen and oxygen atoms in total. The summed E-state index contributed by atoms with van der Waals surface area (Å²) in [5.41, 5.74) is 4.38. The maximum atomic E-state index is 8.54. The largest absolute Gasteiger partial charge is 0.493 e. The number of nitrogens with zero attached hydrogens (tertiary/aromatic N) is 4. The second kappa shape index (κ2) is 8.36. The fourth-order valence-corrected chi connectivity index (χ4v) is 3.56. The molecule has 2 aromatic heterocycles. The van der Waals surface area contributed by atoms with Crippen LogP contribution < -0.4 is 15.1 Å². The van der Waals surface area contributed by atoms with Crippen molar-refractivity contribution in [2.75, 3.05) is 13.2 Å². The van der Waals surface area contributed by atoms with Gasteiger partial charge in [-0.1, -0.05) is 26.8 Å². The second-order valence-electron chi connectivity index (χ2n) is 9.50. The highest BCUT2D eigenvalue weighted by atomic mass is 16.5. The Balaban J connectivity index is 1.58. The van der Waals surface area contributed by atoms with E-state index < -0.39 is 0 Å². The van der Waals surface area contributed by atoms with Gasteiger partial charge in [0.25, 0.3) is 0 Å². The molecule has 0 saturated heterocycles. The highest BCUT2D eigenvalue weighted by molar-refractivity contribution is 5.46. The minimum absolute atomic E-state index is 0.0429. The molecule has 0 amide bonds. The quantitative estimate of drug-likeness (QED) is 0.593. The summed E-state index contributed by atoms with van der Waals surface area (Å²) in [5, 5.41) is 17.6. The van der Waals surface area contributed by atoms with Gasteiger partial charge in [0.2, 0.25) is 11.5 Å². The van der Waals surface area contributed by atoms with Gasteiger partial charge < -0.3 is 9.47 Å². The maximum absolute atomic E-state index is 8.54. The summed E-state index contributed by atoms with van der Waals surface area (Å²) < 4.78 is 14.9. The third-order valence-corrected chi connectivity index (χ3v) is 5.67. The third-order valence-electron chi connectivity index (χ3n) is 5.67. The first-order valence-electron chi connectivity index (χ1n) is 11.2. The van der Waals surface area contributed by atoms with Crippen molar-refractivity contribution in [3.8, 4) is 11.6 Å². The molecule has 0 aliphatic heterocycles.